The summed E-state index contributed by atoms with van der Waals surface area (Å²) < 4.78 is 0. The monoisotopic (exact) mass is 159 g/mol. The quantitative estimate of drug-likeness (QED) is 0.608. The SMILES string of the molecule is Cc1ncc(C#N)c(C#N)c1O. The normalized spacial score (nSPS) is 8.58. The lowest BCUT2D eigenvalue weighted by Crippen LogP contribution is -1.90. The zero-order valence-corrected chi connectivity index (χ0v) is 6.37. The van der Waals surface area contributed by atoms with Gasteiger partial charge in [-0.05, 0) is 6.92 Å². The van der Waals surface area contributed by atoms with E-state index in [0.717, 1.165) is 0 Å². The maximum atomic E-state index is 9.27. The predicted molar refractivity (Wildman–Crippen MR) is 40.1 cm³/mol. The Labute approximate surface area is 69.3 Å². The molecule has 0 saturated carbocycles. The molecule has 0 aliphatic rings. The molecule has 0 saturated heterocycles. The fourth-order valence-electron chi connectivity index (χ4n) is 0.793. The third kappa shape index (κ3) is 1.06. The summed E-state index contributed by atoms with van der Waals surface area (Å²) in [5, 5.41) is 26.4. The number of aromatic nitrogens is 1. The molecule has 0 amide bonds. The third-order valence-corrected chi connectivity index (χ3v) is 1.47. The van der Waals surface area contributed by atoms with Crippen molar-refractivity contribution in [2.75, 3.05) is 0 Å². The molecule has 0 aliphatic carbocycles. The minimum Gasteiger partial charge on any atom is -0.505 e. The first kappa shape index (κ1) is 8.03. The Balaban J connectivity index is 3.52. The van der Waals surface area contributed by atoms with E-state index in [2.05, 4.69) is 4.98 Å². The van der Waals surface area contributed by atoms with Gasteiger partial charge in [0.05, 0.1) is 11.3 Å². The van der Waals surface area contributed by atoms with Crippen molar-refractivity contribution in [3.63, 3.8) is 0 Å². The highest BCUT2D eigenvalue weighted by molar-refractivity contribution is 5.53. The van der Waals surface area contributed by atoms with Crippen molar-refractivity contribution in [3.05, 3.63) is 23.0 Å². The summed E-state index contributed by atoms with van der Waals surface area (Å²) in [5.74, 6) is -0.212. The maximum absolute atomic E-state index is 9.27. The van der Waals surface area contributed by atoms with E-state index in [1.165, 1.54) is 6.20 Å². The van der Waals surface area contributed by atoms with E-state index < -0.39 is 0 Å². The lowest BCUT2D eigenvalue weighted by atomic mass is 10.1. The summed E-state index contributed by atoms with van der Waals surface area (Å²) in [6, 6.07) is 3.51. The summed E-state index contributed by atoms with van der Waals surface area (Å²) in [7, 11) is 0. The molecule has 58 valence electrons. The van der Waals surface area contributed by atoms with Gasteiger partial charge in [-0.3, -0.25) is 4.98 Å². The van der Waals surface area contributed by atoms with Crippen LogP contribution in [0.3, 0.4) is 0 Å². The Morgan fingerprint density at radius 3 is 2.58 bits per heavy atom. The van der Waals surface area contributed by atoms with E-state index in [9.17, 15) is 5.11 Å². The van der Waals surface area contributed by atoms with Crippen LogP contribution in [0.25, 0.3) is 0 Å². The minimum atomic E-state index is -0.212. The number of hydrogen-bond acceptors (Lipinski definition) is 4. The minimum absolute atomic E-state index is 0.00926. The van der Waals surface area contributed by atoms with Gasteiger partial charge < -0.3 is 5.11 Å². The summed E-state index contributed by atoms with van der Waals surface area (Å²) in [5.41, 5.74) is 0.441. The van der Waals surface area contributed by atoms with E-state index >= 15 is 0 Å². The van der Waals surface area contributed by atoms with Crippen molar-refractivity contribution in [2.45, 2.75) is 6.92 Å². The second kappa shape index (κ2) is 2.89. The summed E-state index contributed by atoms with van der Waals surface area (Å²) in [6.45, 7) is 1.57. The molecular weight excluding hydrogens is 154 g/mol. The molecule has 0 fully saturated rings. The smallest absolute Gasteiger partial charge is 0.155 e. The highest BCUT2D eigenvalue weighted by atomic mass is 16.3. The van der Waals surface area contributed by atoms with Gasteiger partial charge in [0.15, 0.2) is 5.75 Å². The van der Waals surface area contributed by atoms with Crippen molar-refractivity contribution in [1.82, 2.24) is 4.98 Å². The molecule has 0 aromatic carbocycles. The average Bonchev–Trinajstić information content (AvgIpc) is 2.09. The summed E-state index contributed by atoms with van der Waals surface area (Å²) in [4.78, 5) is 3.73. The number of nitrogens with zero attached hydrogens (tertiary/aromatic N) is 3. The molecule has 0 atom stereocenters. The van der Waals surface area contributed by atoms with Crippen LogP contribution in [0.2, 0.25) is 0 Å². The van der Waals surface area contributed by atoms with Gasteiger partial charge in [0.1, 0.15) is 17.7 Å². The number of aryl methyl sites for hydroxylation is 1. The molecule has 0 unspecified atom stereocenters. The van der Waals surface area contributed by atoms with Crippen molar-refractivity contribution in [3.8, 4) is 17.9 Å². The van der Waals surface area contributed by atoms with E-state index in [4.69, 9.17) is 10.5 Å². The van der Waals surface area contributed by atoms with Crippen LogP contribution in [0, 0.1) is 29.6 Å². The Bertz CT molecular complexity index is 398. The molecule has 1 aromatic heterocycles. The topological polar surface area (TPSA) is 80.7 Å². The number of aromatic hydroxyl groups is 1. The van der Waals surface area contributed by atoms with Crippen molar-refractivity contribution in [2.24, 2.45) is 0 Å². The standard InChI is InChI=1S/C8H5N3O/c1-5-8(12)7(3-10)6(2-9)4-11-5/h4,12H,1H3. The fraction of sp³-hybridized carbons (Fsp3) is 0.125. The van der Waals surface area contributed by atoms with Crippen LogP contribution in [0.1, 0.15) is 16.8 Å². The summed E-state index contributed by atoms with van der Waals surface area (Å²) in [6.07, 6.45) is 1.27. The molecule has 4 heteroatoms. The van der Waals surface area contributed by atoms with Gasteiger partial charge in [0.25, 0.3) is 0 Å². The van der Waals surface area contributed by atoms with Gasteiger partial charge in [-0.15, -0.1) is 0 Å². The van der Waals surface area contributed by atoms with Crippen LogP contribution in [-0.4, -0.2) is 10.1 Å². The molecule has 1 rings (SSSR count). The first-order chi connectivity index (χ1) is 5.70. The molecule has 1 heterocycles. The van der Waals surface area contributed by atoms with Crippen LogP contribution in [0.15, 0.2) is 6.20 Å². The Morgan fingerprint density at radius 1 is 1.42 bits per heavy atom. The lowest BCUT2D eigenvalue weighted by Gasteiger charge is -1.99. The lowest BCUT2D eigenvalue weighted by molar-refractivity contribution is 0.465. The molecule has 0 bridgehead atoms. The van der Waals surface area contributed by atoms with E-state index in [1.54, 1.807) is 19.1 Å². The van der Waals surface area contributed by atoms with Crippen molar-refractivity contribution in [1.29, 1.82) is 10.5 Å². The van der Waals surface area contributed by atoms with Gasteiger partial charge in [-0.2, -0.15) is 10.5 Å². The van der Waals surface area contributed by atoms with Crippen LogP contribution in [0.4, 0.5) is 0 Å². The second-order valence-electron chi connectivity index (χ2n) is 2.20. The Morgan fingerprint density at radius 2 is 2.08 bits per heavy atom. The van der Waals surface area contributed by atoms with Crippen molar-refractivity contribution < 1.29 is 5.11 Å². The predicted octanol–water partition coefficient (Wildman–Crippen LogP) is 0.839. The summed E-state index contributed by atoms with van der Waals surface area (Å²) >= 11 is 0. The van der Waals surface area contributed by atoms with Crippen LogP contribution < -0.4 is 0 Å². The Hall–Kier alpha value is -2.07. The first-order valence-electron chi connectivity index (χ1n) is 3.19. The molecule has 4 nitrogen and oxygen atoms in total. The van der Waals surface area contributed by atoms with Crippen LogP contribution in [-0.2, 0) is 0 Å². The molecule has 0 aliphatic heterocycles. The first-order valence-corrected chi connectivity index (χ1v) is 3.19. The fourth-order valence-corrected chi connectivity index (χ4v) is 0.793. The highest BCUT2D eigenvalue weighted by Crippen LogP contribution is 2.21. The Kier molecular flexibility index (Phi) is 1.94. The molecule has 0 radical (unpaired) electrons. The van der Waals surface area contributed by atoms with Crippen LogP contribution >= 0.6 is 0 Å². The number of hydrogen-bond donors (Lipinski definition) is 1. The van der Waals surface area contributed by atoms with E-state index in [-0.39, 0.29) is 16.9 Å². The van der Waals surface area contributed by atoms with Crippen LogP contribution in [0.5, 0.6) is 5.75 Å². The van der Waals surface area contributed by atoms with Gasteiger partial charge in [-0.1, -0.05) is 0 Å². The number of rotatable bonds is 0. The zero-order valence-electron chi connectivity index (χ0n) is 6.37. The third-order valence-electron chi connectivity index (χ3n) is 1.47. The molecule has 0 spiro atoms. The molecular formula is C8H5N3O. The molecule has 1 aromatic rings. The maximum Gasteiger partial charge on any atom is 0.155 e. The second-order valence-corrected chi connectivity index (χ2v) is 2.20. The largest absolute Gasteiger partial charge is 0.505 e. The molecule has 12 heavy (non-hydrogen) atoms. The van der Waals surface area contributed by atoms with Gasteiger partial charge in [-0.25, -0.2) is 0 Å². The average molecular weight is 159 g/mol. The van der Waals surface area contributed by atoms with E-state index in [0.29, 0.717) is 5.69 Å². The van der Waals surface area contributed by atoms with Gasteiger partial charge >= 0.3 is 0 Å². The number of pyridine rings is 1. The zero-order chi connectivity index (χ0) is 9.14. The molecule has 1 N–H and O–H groups in total. The van der Waals surface area contributed by atoms with E-state index in [1.807, 2.05) is 0 Å². The highest BCUT2D eigenvalue weighted by Gasteiger charge is 2.09. The number of nitriles is 2. The van der Waals surface area contributed by atoms with Gasteiger partial charge in [0.2, 0.25) is 0 Å². The van der Waals surface area contributed by atoms with Gasteiger partial charge in [0, 0.05) is 6.20 Å². The van der Waals surface area contributed by atoms with Crippen molar-refractivity contribution >= 4 is 0 Å².